The summed E-state index contributed by atoms with van der Waals surface area (Å²) in [5.41, 5.74) is 2.99. The summed E-state index contributed by atoms with van der Waals surface area (Å²) in [6.07, 6.45) is 1.90. The highest BCUT2D eigenvalue weighted by Crippen LogP contribution is 2.22. The second-order valence-corrected chi connectivity index (χ2v) is 7.40. The number of benzene rings is 1. The molecule has 1 aromatic carbocycles. The third kappa shape index (κ3) is 5.31. The molecule has 1 aliphatic rings. The molecule has 4 rings (SSSR count). The van der Waals surface area contributed by atoms with Gasteiger partial charge >= 0.3 is 0 Å². The number of nitrogens with one attached hydrogen (secondary N) is 2. The van der Waals surface area contributed by atoms with E-state index in [1.807, 2.05) is 27.1 Å². The van der Waals surface area contributed by atoms with E-state index < -0.39 is 11.4 Å². The summed E-state index contributed by atoms with van der Waals surface area (Å²) < 4.78 is 14.8. The molecule has 3 aromatic rings. The van der Waals surface area contributed by atoms with E-state index in [0.29, 0.717) is 23.3 Å². The van der Waals surface area contributed by atoms with Crippen LogP contribution in [0.15, 0.2) is 35.3 Å². The standard InChI is InChI=1S/C20H20FN5O2.C2H7N/c1-13-17(5-3-15(12-27)23-13)26-8-6-25(7-9-26)11-14-2-4-16-20(19(14)21)24-18(28)10-22-16;1-3-2/h2-5,10,12H,6-9,11H2,1H3,(H,24,28);3H,1-2H3. The number of aryl methyl sites for hydroxylation is 1. The number of pyridine rings is 1. The maximum absolute atomic E-state index is 14.8. The minimum absolute atomic E-state index is 0.153. The first-order valence-electron chi connectivity index (χ1n) is 10.1. The fraction of sp³-hybridized carbons (Fsp3) is 0.364. The number of piperazine rings is 1. The summed E-state index contributed by atoms with van der Waals surface area (Å²) in [5.74, 6) is -0.422. The van der Waals surface area contributed by atoms with Crippen molar-refractivity contribution in [2.45, 2.75) is 13.5 Å². The zero-order valence-corrected chi connectivity index (χ0v) is 18.0. The SMILES string of the molecule is CNC.Cc1nc(C=O)ccc1N1CCN(Cc2ccc3ncc(=O)[nH]c3c2F)CC1. The van der Waals surface area contributed by atoms with Gasteiger partial charge < -0.3 is 15.2 Å². The Morgan fingerprint density at radius 3 is 2.52 bits per heavy atom. The van der Waals surface area contributed by atoms with Crippen LogP contribution in [0.3, 0.4) is 0 Å². The first kappa shape index (κ1) is 22.5. The van der Waals surface area contributed by atoms with Crippen molar-refractivity contribution in [3.63, 3.8) is 0 Å². The van der Waals surface area contributed by atoms with Crippen LogP contribution < -0.4 is 15.8 Å². The van der Waals surface area contributed by atoms with E-state index in [1.165, 1.54) is 0 Å². The molecule has 1 saturated heterocycles. The number of halogens is 1. The van der Waals surface area contributed by atoms with Gasteiger partial charge in [-0.25, -0.2) is 14.4 Å². The van der Waals surface area contributed by atoms with Crippen molar-refractivity contribution < 1.29 is 9.18 Å². The number of aromatic nitrogens is 3. The molecule has 164 valence electrons. The van der Waals surface area contributed by atoms with Crippen molar-refractivity contribution in [1.29, 1.82) is 0 Å². The smallest absolute Gasteiger partial charge is 0.266 e. The lowest BCUT2D eigenvalue weighted by Gasteiger charge is -2.36. The summed E-state index contributed by atoms with van der Waals surface area (Å²) in [5, 5.41) is 2.75. The Hall–Kier alpha value is -3.17. The monoisotopic (exact) mass is 426 g/mol. The van der Waals surface area contributed by atoms with Gasteiger partial charge in [-0.3, -0.25) is 14.5 Å². The van der Waals surface area contributed by atoms with Crippen LogP contribution >= 0.6 is 0 Å². The number of H-pyrrole nitrogens is 1. The lowest BCUT2D eigenvalue weighted by Crippen LogP contribution is -2.46. The van der Waals surface area contributed by atoms with Gasteiger partial charge in [0, 0.05) is 38.3 Å². The fourth-order valence-electron chi connectivity index (χ4n) is 3.60. The molecule has 1 fully saturated rings. The molecule has 0 amide bonds. The van der Waals surface area contributed by atoms with E-state index in [-0.39, 0.29) is 5.52 Å². The van der Waals surface area contributed by atoms with E-state index in [1.54, 1.807) is 18.2 Å². The van der Waals surface area contributed by atoms with Crippen LogP contribution in [0.4, 0.5) is 10.1 Å². The van der Waals surface area contributed by atoms with Crippen LogP contribution in [0.2, 0.25) is 0 Å². The Labute approximate surface area is 180 Å². The lowest BCUT2D eigenvalue weighted by atomic mass is 10.1. The first-order chi connectivity index (χ1) is 15.0. The van der Waals surface area contributed by atoms with Gasteiger partial charge in [0.25, 0.3) is 5.56 Å². The van der Waals surface area contributed by atoms with Crippen LogP contribution in [0.25, 0.3) is 11.0 Å². The van der Waals surface area contributed by atoms with E-state index in [2.05, 4.69) is 30.1 Å². The average molecular weight is 426 g/mol. The van der Waals surface area contributed by atoms with Crippen molar-refractivity contribution in [1.82, 2.24) is 25.2 Å². The highest BCUT2D eigenvalue weighted by molar-refractivity contribution is 5.75. The van der Waals surface area contributed by atoms with Gasteiger partial charge in [0.1, 0.15) is 11.2 Å². The van der Waals surface area contributed by atoms with Gasteiger partial charge in [-0.2, -0.15) is 0 Å². The average Bonchev–Trinajstić information content (AvgIpc) is 2.77. The third-order valence-electron chi connectivity index (χ3n) is 5.08. The molecule has 8 nitrogen and oxygen atoms in total. The molecule has 9 heteroatoms. The molecular formula is C22H27FN6O2. The van der Waals surface area contributed by atoms with Gasteiger partial charge in [-0.1, -0.05) is 6.07 Å². The number of nitrogens with zero attached hydrogens (tertiary/aromatic N) is 4. The Kier molecular flexibility index (Phi) is 7.43. The van der Waals surface area contributed by atoms with E-state index in [0.717, 1.165) is 50.0 Å². The zero-order chi connectivity index (χ0) is 22.4. The lowest BCUT2D eigenvalue weighted by molar-refractivity contribution is 0.111. The number of carbonyl (C=O) groups excluding carboxylic acids is 1. The van der Waals surface area contributed by atoms with Gasteiger partial charge in [-0.05, 0) is 39.2 Å². The quantitative estimate of drug-likeness (QED) is 0.614. The van der Waals surface area contributed by atoms with Crippen molar-refractivity contribution in [2.24, 2.45) is 0 Å². The molecule has 31 heavy (non-hydrogen) atoms. The number of fused-ring (bicyclic) bond motifs is 1. The van der Waals surface area contributed by atoms with Crippen molar-refractivity contribution in [2.75, 3.05) is 45.2 Å². The first-order valence-corrected chi connectivity index (χ1v) is 10.1. The maximum atomic E-state index is 14.8. The van der Waals surface area contributed by atoms with E-state index in [4.69, 9.17) is 0 Å². The Morgan fingerprint density at radius 2 is 1.87 bits per heavy atom. The largest absolute Gasteiger partial charge is 0.368 e. The molecule has 0 saturated carbocycles. The maximum Gasteiger partial charge on any atom is 0.266 e. The molecule has 0 atom stereocenters. The van der Waals surface area contributed by atoms with Gasteiger partial charge in [0.15, 0.2) is 12.1 Å². The molecule has 3 heterocycles. The van der Waals surface area contributed by atoms with Gasteiger partial charge in [0.05, 0.1) is 23.1 Å². The van der Waals surface area contributed by atoms with Gasteiger partial charge in [-0.15, -0.1) is 0 Å². The Bertz CT molecular complexity index is 1110. The van der Waals surface area contributed by atoms with Crippen molar-refractivity contribution in [3.8, 4) is 0 Å². The van der Waals surface area contributed by atoms with Crippen LogP contribution in [0.5, 0.6) is 0 Å². The van der Waals surface area contributed by atoms with Crippen molar-refractivity contribution >= 4 is 23.0 Å². The normalized spacial score (nSPS) is 14.3. The van der Waals surface area contributed by atoms with E-state index >= 15 is 0 Å². The van der Waals surface area contributed by atoms with Gasteiger partial charge in [0.2, 0.25) is 0 Å². The fourth-order valence-corrected chi connectivity index (χ4v) is 3.60. The summed E-state index contributed by atoms with van der Waals surface area (Å²) in [6, 6.07) is 7.10. The predicted molar refractivity (Wildman–Crippen MR) is 119 cm³/mol. The van der Waals surface area contributed by atoms with Crippen LogP contribution in [0.1, 0.15) is 21.7 Å². The zero-order valence-electron chi connectivity index (χ0n) is 18.0. The molecule has 0 radical (unpaired) electrons. The minimum Gasteiger partial charge on any atom is -0.368 e. The Balaban J connectivity index is 0.000000858. The van der Waals surface area contributed by atoms with Crippen LogP contribution in [-0.4, -0.2) is 66.4 Å². The van der Waals surface area contributed by atoms with Crippen molar-refractivity contribution in [3.05, 3.63) is 63.6 Å². The molecule has 1 aliphatic heterocycles. The molecule has 0 spiro atoms. The summed E-state index contributed by atoms with van der Waals surface area (Å²) >= 11 is 0. The number of rotatable bonds is 4. The highest BCUT2D eigenvalue weighted by Gasteiger charge is 2.20. The molecule has 0 unspecified atom stereocenters. The molecule has 2 N–H and O–H groups in total. The van der Waals surface area contributed by atoms with Crippen LogP contribution in [0, 0.1) is 12.7 Å². The molecule has 0 bridgehead atoms. The Morgan fingerprint density at radius 1 is 1.16 bits per heavy atom. The second-order valence-electron chi connectivity index (χ2n) is 7.40. The van der Waals surface area contributed by atoms with Crippen LogP contribution in [-0.2, 0) is 6.54 Å². The minimum atomic E-state index is -0.422. The summed E-state index contributed by atoms with van der Waals surface area (Å²) in [4.78, 5) is 37.5. The second kappa shape index (κ2) is 10.2. The molecule has 0 aliphatic carbocycles. The number of aldehydes is 1. The number of hydrogen-bond acceptors (Lipinski definition) is 7. The third-order valence-corrected chi connectivity index (χ3v) is 5.08. The number of carbonyl (C=O) groups is 1. The number of anilines is 1. The molecular weight excluding hydrogens is 399 g/mol. The highest BCUT2D eigenvalue weighted by atomic mass is 19.1. The predicted octanol–water partition coefficient (Wildman–Crippen LogP) is 1.74. The topological polar surface area (TPSA) is 94.2 Å². The van der Waals surface area contributed by atoms with E-state index in [9.17, 15) is 14.0 Å². The number of hydrogen-bond donors (Lipinski definition) is 2. The summed E-state index contributed by atoms with van der Waals surface area (Å²) in [6.45, 7) is 5.49. The molecule has 2 aromatic heterocycles. The number of aromatic amines is 1. The summed E-state index contributed by atoms with van der Waals surface area (Å²) in [7, 11) is 3.75.